The summed E-state index contributed by atoms with van der Waals surface area (Å²) in [4.78, 5) is 13.4. The Morgan fingerprint density at radius 1 is 1.50 bits per heavy atom. The van der Waals surface area contributed by atoms with Crippen LogP contribution in [0.3, 0.4) is 0 Å². The molecule has 0 fully saturated rings. The minimum absolute atomic E-state index is 0.229. The van der Waals surface area contributed by atoms with Crippen LogP contribution in [-0.4, -0.2) is 42.8 Å². The zero-order chi connectivity index (χ0) is 13.5. The Labute approximate surface area is 108 Å². The van der Waals surface area contributed by atoms with Crippen LogP contribution in [0.5, 0.6) is 0 Å². The number of nitrogens with one attached hydrogen (secondary N) is 1. The van der Waals surface area contributed by atoms with Crippen molar-refractivity contribution in [2.75, 3.05) is 31.6 Å². The van der Waals surface area contributed by atoms with Gasteiger partial charge in [0.2, 0.25) is 0 Å². The van der Waals surface area contributed by atoms with Gasteiger partial charge in [-0.05, 0) is 31.5 Å². The molecule has 1 aromatic heterocycles. The van der Waals surface area contributed by atoms with Gasteiger partial charge >= 0.3 is 0 Å². The molecule has 1 aromatic rings. The molecule has 1 rings (SSSR count). The Kier molecular flexibility index (Phi) is 5.51. The molecule has 0 aliphatic carbocycles. The standard InChI is InChI=1S/C12H21N5O/c1-4-17(8-9(2)7-13)11-6-5-10(15-16-11)12(18)14-3/h5-6,9H,4,7-8,13H2,1-3H3,(H,14,18). The number of amides is 1. The van der Waals surface area contributed by atoms with Crippen molar-refractivity contribution in [2.45, 2.75) is 13.8 Å². The molecule has 0 saturated heterocycles. The SMILES string of the molecule is CCN(CC(C)CN)c1ccc(C(=O)NC)nn1. The van der Waals surface area contributed by atoms with Gasteiger partial charge in [0.15, 0.2) is 11.5 Å². The van der Waals surface area contributed by atoms with Gasteiger partial charge in [-0.1, -0.05) is 6.92 Å². The van der Waals surface area contributed by atoms with E-state index < -0.39 is 0 Å². The van der Waals surface area contributed by atoms with E-state index in [0.29, 0.717) is 18.2 Å². The maximum absolute atomic E-state index is 11.3. The maximum atomic E-state index is 11.3. The van der Waals surface area contributed by atoms with E-state index in [4.69, 9.17) is 5.73 Å². The smallest absolute Gasteiger partial charge is 0.271 e. The third-order valence-corrected chi connectivity index (χ3v) is 2.75. The molecular weight excluding hydrogens is 230 g/mol. The van der Waals surface area contributed by atoms with E-state index in [2.05, 4.69) is 34.3 Å². The first-order valence-electron chi connectivity index (χ1n) is 6.13. The molecule has 0 aliphatic heterocycles. The van der Waals surface area contributed by atoms with Gasteiger partial charge in [-0.3, -0.25) is 4.79 Å². The summed E-state index contributed by atoms with van der Waals surface area (Å²) in [5.41, 5.74) is 5.94. The molecule has 0 spiro atoms. The lowest BCUT2D eigenvalue weighted by atomic mass is 10.1. The zero-order valence-electron chi connectivity index (χ0n) is 11.2. The predicted molar refractivity (Wildman–Crippen MR) is 71.5 cm³/mol. The predicted octanol–water partition coefficient (Wildman–Crippen LogP) is 0.257. The molecule has 1 amide bonds. The number of anilines is 1. The molecule has 6 nitrogen and oxygen atoms in total. The number of nitrogens with two attached hydrogens (primary N) is 1. The second-order valence-electron chi connectivity index (χ2n) is 4.24. The molecule has 0 bridgehead atoms. The molecule has 0 radical (unpaired) electrons. The van der Waals surface area contributed by atoms with Crippen LogP contribution in [0.25, 0.3) is 0 Å². The van der Waals surface area contributed by atoms with Gasteiger partial charge in [-0.25, -0.2) is 0 Å². The highest BCUT2D eigenvalue weighted by Crippen LogP contribution is 2.11. The van der Waals surface area contributed by atoms with Gasteiger partial charge in [0.05, 0.1) is 0 Å². The summed E-state index contributed by atoms with van der Waals surface area (Å²) < 4.78 is 0. The summed E-state index contributed by atoms with van der Waals surface area (Å²) >= 11 is 0. The molecule has 0 aromatic carbocycles. The third kappa shape index (κ3) is 3.66. The van der Waals surface area contributed by atoms with E-state index in [9.17, 15) is 4.79 Å². The zero-order valence-corrected chi connectivity index (χ0v) is 11.2. The van der Waals surface area contributed by atoms with Crippen molar-refractivity contribution >= 4 is 11.7 Å². The molecule has 1 atom stereocenters. The molecule has 6 heteroatoms. The minimum Gasteiger partial charge on any atom is -0.355 e. The van der Waals surface area contributed by atoms with Crippen molar-refractivity contribution < 1.29 is 4.79 Å². The van der Waals surface area contributed by atoms with Gasteiger partial charge < -0.3 is 16.0 Å². The van der Waals surface area contributed by atoms with Crippen LogP contribution >= 0.6 is 0 Å². The van der Waals surface area contributed by atoms with Crippen molar-refractivity contribution in [3.8, 4) is 0 Å². The third-order valence-electron chi connectivity index (χ3n) is 2.75. The summed E-state index contributed by atoms with van der Waals surface area (Å²) in [6.07, 6.45) is 0. The van der Waals surface area contributed by atoms with Gasteiger partial charge in [0.25, 0.3) is 5.91 Å². The fourth-order valence-corrected chi connectivity index (χ4v) is 1.58. The van der Waals surface area contributed by atoms with Crippen LogP contribution in [0.4, 0.5) is 5.82 Å². The molecule has 0 aliphatic rings. The minimum atomic E-state index is -0.229. The van der Waals surface area contributed by atoms with Gasteiger partial charge in [0, 0.05) is 20.1 Å². The average Bonchev–Trinajstić information content (AvgIpc) is 2.43. The average molecular weight is 251 g/mol. The number of rotatable bonds is 6. The molecule has 3 N–H and O–H groups in total. The first-order valence-corrected chi connectivity index (χ1v) is 6.13. The van der Waals surface area contributed by atoms with Crippen LogP contribution in [0.2, 0.25) is 0 Å². The summed E-state index contributed by atoms with van der Waals surface area (Å²) in [6.45, 7) is 6.45. The molecule has 18 heavy (non-hydrogen) atoms. The fraction of sp³-hybridized carbons (Fsp3) is 0.583. The van der Waals surface area contributed by atoms with Gasteiger partial charge in [-0.15, -0.1) is 10.2 Å². The van der Waals surface area contributed by atoms with Crippen LogP contribution in [0, 0.1) is 5.92 Å². The molecule has 1 unspecified atom stereocenters. The normalized spacial score (nSPS) is 12.0. The first kappa shape index (κ1) is 14.4. The number of nitrogens with zero attached hydrogens (tertiary/aromatic N) is 3. The maximum Gasteiger partial charge on any atom is 0.271 e. The molecule has 100 valence electrons. The van der Waals surface area contributed by atoms with E-state index in [1.165, 1.54) is 0 Å². The lowest BCUT2D eigenvalue weighted by Gasteiger charge is -2.24. The van der Waals surface area contributed by atoms with Gasteiger partial charge in [-0.2, -0.15) is 0 Å². The van der Waals surface area contributed by atoms with E-state index in [-0.39, 0.29) is 5.91 Å². The Morgan fingerprint density at radius 2 is 2.22 bits per heavy atom. The van der Waals surface area contributed by atoms with Gasteiger partial charge in [0.1, 0.15) is 0 Å². The highest BCUT2D eigenvalue weighted by atomic mass is 16.1. The van der Waals surface area contributed by atoms with Crippen molar-refractivity contribution in [3.63, 3.8) is 0 Å². The van der Waals surface area contributed by atoms with Crippen molar-refractivity contribution in [1.29, 1.82) is 0 Å². The Balaban J connectivity index is 2.78. The number of carbonyl (C=O) groups is 1. The molecular formula is C12H21N5O. The lowest BCUT2D eigenvalue weighted by molar-refractivity contribution is 0.0957. The highest BCUT2D eigenvalue weighted by molar-refractivity contribution is 5.91. The summed E-state index contributed by atoms with van der Waals surface area (Å²) in [5.74, 6) is 0.934. The number of aromatic nitrogens is 2. The molecule has 1 heterocycles. The second-order valence-corrected chi connectivity index (χ2v) is 4.24. The van der Waals surface area contributed by atoms with E-state index in [1.54, 1.807) is 13.1 Å². The van der Waals surface area contributed by atoms with Crippen LogP contribution < -0.4 is 16.0 Å². The summed E-state index contributed by atoms with van der Waals surface area (Å²) in [6, 6.07) is 3.49. The second kappa shape index (κ2) is 6.90. The van der Waals surface area contributed by atoms with Crippen molar-refractivity contribution in [3.05, 3.63) is 17.8 Å². The van der Waals surface area contributed by atoms with E-state index >= 15 is 0 Å². The van der Waals surface area contributed by atoms with Crippen LogP contribution in [-0.2, 0) is 0 Å². The topological polar surface area (TPSA) is 84.1 Å². The van der Waals surface area contributed by atoms with Crippen molar-refractivity contribution in [2.24, 2.45) is 11.7 Å². The number of carbonyl (C=O) groups excluding carboxylic acids is 1. The van der Waals surface area contributed by atoms with E-state index in [1.807, 2.05) is 6.07 Å². The summed E-state index contributed by atoms with van der Waals surface area (Å²) in [7, 11) is 1.57. The quantitative estimate of drug-likeness (QED) is 0.757. The van der Waals surface area contributed by atoms with Crippen LogP contribution in [0.1, 0.15) is 24.3 Å². The first-order chi connectivity index (χ1) is 8.62. The Bertz CT molecular complexity index is 379. The fourth-order valence-electron chi connectivity index (χ4n) is 1.58. The molecule has 0 saturated carbocycles. The van der Waals surface area contributed by atoms with Crippen molar-refractivity contribution in [1.82, 2.24) is 15.5 Å². The Morgan fingerprint density at radius 3 is 2.67 bits per heavy atom. The highest BCUT2D eigenvalue weighted by Gasteiger charge is 2.11. The van der Waals surface area contributed by atoms with Crippen LogP contribution in [0.15, 0.2) is 12.1 Å². The van der Waals surface area contributed by atoms with E-state index in [0.717, 1.165) is 18.9 Å². The summed E-state index contributed by atoms with van der Waals surface area (Å²) in [5, 5.41) is 10.5. The largest absolute Gasteiger partial charge is 0.355 e. The lowest BCUT2D eigenvalue weighted by Crippen LogP contribution is -2.32. The number of hydrogen-bond donors (Lipinski definition) is 2. The monoisotopic (exact) mass is 251 g/mol. The Hall–Kier alpha value is -1.69. The number of hydrogen-bond acceptors (Lipinski definition) is 5.